The molecule has 0 spiro atoms. The standard InChI is InChI=1S/C58H110N16O5/c1-21-71(41-29-49(5,6)67-50(7,8)30-41)47-59-39-63-57(65-47,73(23-3)43-33-53(13,14)69-54(15,16)34-43)61-37-45(75)78-27-25-77-26-28-79-46(76)38-62-58(74(24-4)44-35-55(17,18)70-56(19,20)36-44)64-40-60-48(66-58)72(22-2)42-31-51(9,10)68-52(11,12)32-42/h39-44,61-62,67-70H,21-38H2,1-20H3,(H,59,63,65)(H,60,64,66). The molecule has 21 heteroatoms. The molecule has 0 radical (unpaired) electrons. The summed E-state index contributed by atoms with van der Waals surface area (Å²) in [5.74, 6) is -2.00. The molecule has 0 amide bonds. The van der Waals surface area contributed by atoms with Gasteiger partial charge >= 0.3 is 11.9 Å². The summed E-state index contributed by atoms with van der Waals surface area (Å²) in [7, 11) is 0. The number of guanidine groups is 2. The predicted octanol–water partition coefficient (Wildman–Crippen LogP) is 4.99. The van der Waals surface area contributed by atoms with Crippen molar-refractivity contribution in [2.75, 3.05) is 65.7 Å². The largest absolute Gasteiger partial charge is 0.462 e. The smallest absolute Gasteiger partial charge is 0.320 e. The molecule has 6 aliphatic heterocycles. The topological polar surface area (TPSA) is 220 Å². The van der Waals surface area contributed by atoms with Crippen LogP contribution in [0.25, 0.3) is 0 Å². The highest BCUT2D eigenvalue weighted by Crippen LogP contribution is 2.39. The van der Waals surface area contributed by atoms with Gasteiger partial charge in [0, 0.05) is 94.7 Å². The van der Waals surface area contributed by atoms with Gasteiger partial charge in [-0.25, -0.2) is 30.4 Å². The van der Waals surface area contributed by atoms with Crippen molar-refractivity contribution in [2.45, 2.75) is 270 Å². The first-order valence-corrected chi connectivity index (χ1v) is 29.9. The van der Waals surface area contributed by atoms with Crippen molar-refractivity contribution >= 4 is 36.5 Å². The monoisotopic (exact) mass is 1110 g/mol. The number of carbonyl (C=O) groups excluding carboxylic acids is 2. The van der Waals surface area contributed by atoms with E-state index in [1.165, 1.54) is 0 Å². The van der Waals surface area contributed by atoms with Crippen molar-refractivity contribution in [3.63, 3.8) is 0 Å². The minimum atomic E-state index is -1.27. The van der Waals surface area contributed by atoms with Crippen LogP contribution in [0.4, 0.5) is 0 Å². The third-order valence-corrected chi connectivity index (χ3v) is 16.5. The number of hydrogen-bond donors (Lipinski definition) is 8. The Morgan fingerprint density at radius 3 is 1.00 bits per heavy atom. The second kappa shape index (κ2) is 24.7. The van der Waals surface area contributed by atoms with Gasteiger partial charge in [0.2, 0.25) is 11.9 Å². The highest BCUT2D eigenvalue weighted by Gasteiger charge is 2.51. The fraction of sp³-hybridized carbons (Fsp3) is 0.897. The number of piperidine rings is 4. The van der Waals surface area contributed by atoms with E-state index in [0.717, 1.165) is 76.4 Å². The average molecular weight is 1110 g/mol. The fourth-order valence-electron chi connectivity index (χ4n) is 15.3. The second-order valence-electron chi connectivity index (χ2n) is 28.7. The van der Waals surface area contributed by atoms with Crippen LogP contribution in [0, 0.1) is 0 Å². The molecular formula is C58H110N16O5. The minimum absolute atomic E-state index is 0.0224. The van der Waals surface area contributed by atoms with Crippen LogP contribution in [0.15, 0.2) is 20.0 Å². The van der Waals surface area contributed by atoms with Gasteiger partial charge in [0.05, 0.1) is 39.0 Å². The molecule has 0 saturated carbocycles. The maximum Gasteiger partial charge on any atom is 0.320 e. The highest BCUT2D eigenvalue weighted by molar-refractivity contribution is 5.93. The lowest BCUT2D eigenvalue weighted by atomic mass is 9.78. The molecule has 6 aliphatic rings. The van der Waals surface area contributed by atoms with E-state index >= 15 is 0 Å². The summed E-state index contributed by atoms with van der Waals surface area (Å²) >= 11 is 0. The van der Waals surface area contributed by atoms with Gasteiger partial charge in [0.1, 0.15) is 13.2 Å². The summed E-state index contributed by atoms with van der Waals surface area (Å²) in [6.07, 6.45) is 10.7. The van der Waals surface area contributed by atoms with Gasteiger partial charge in [-0.05, 0) is 176 Å². The van der Waals surface area contributed by atoms with Crippen LogP contribution >= 0.6 is 0 Å². The first-order valence-electron chi connectivity index (χ1n) is 29.9. The van der Waals surface area contributed by atoms with E-state index in [1.807, 2.05) is 0 Å². The Morgan fingerprint density at radius 2 is 0.734 bits per heavy atom. The zero-order valence-corrected chi connectivity index (χ0v) is 52.8. The van der Waals surface area contributed by atoms with Crippen LogP contribution in [-0.4, -0.2) is 202 Å². The number of aliphatic imine (C=N–C) groups is 4. The Labute approximate surface area is 476 Å². The maximum atomic E-state index is 13.6. The molecule has 452 valence electrons. The van der Waals surface area contributed by atoms with Crippen LogP contribution in [0.1, 0.15) is 190 Å². The molecule has 6 rings (SSSR count). The van der Waals surface area contributed by atoms with Crippen LogP contribution in [0.5, 0.6) is 0 Å². The van der Waals surface area contributed by atoms with Crippen molar-refractivity contribution < 1.29 is 23.8 Å². The zero-order chi connectivity index (χ0) is 58.7. The van der Waals surface area contributed by atoms with Crippen LogP contribution in [0.3, 0.4) is 0 Å². The molecule has 4 fully saturated rings. The molecule has 8 N–H and O–H groups in total. The summed E-state index contributed by atoms with van der Waals surface area (Å²) in [5.41, 5.74) is -0.812. The van der Waals surface area contributed by atoms with Crippen LogP contribution in [0.2, 0.25) is 0 Å². The van der Waals surface area contributed by atoms with Crippen LogP contribution < -0.4 is 42.5 Å². The number of nitrogens with zero attached hydrogens (tertiary/aromatic N) is 8. The molecule has 79 heavy (non-hydrogen) atoms. The van der Waals surface area contributed by atoms with E-state index in [2.05, 4.69) is 201 Å². The average Bonchev–Trinajstić information content (AvgIpc) is 3.46. The lowest BCUT2D eigenvalue weighted by molar-refractivity contribution is -0.147. The van der Waals surface area contributed by atoms with Gasteiger partial charge < -0.3 is 55.9 Å². The molecule has 0 aromatic carbocycles. The van der Waals surface area contributed by atoms with Gasteiger partial charge in [-0.15, -0.1) is 0 Å². The van der Waals surface area contributed by atoms with Gasteiger partial charge in [0.25, 0.3) is 11.8 Å². The number of nitrogens with one attached hydrogen (secondary N) is 8. The first-order chi connectivity index (χ1) is 36.5. The van der Waals surface area contributed by atoms with Crippen molar-refractivity contribution in [1.29, 1.82) is 0 Å². The summed E-state index contributed by atoms with van der Waals surface area (Å²) in [6.45, 7) is 47.5. The number of esters is 2. The Bertz CT molecular complexity index is 1990. The lowest BCUT2D eigenvalue weighted by Gasteiger charge is -2.53. The number of hydrogen-bond acceptors (Lipinski definition) is 21. The van der Waals surface area contributed by atoms with Crippen molar-refractivity contribution in [1.82, 2.24) is 62.1 Å². The SMILES string of the molecule is CCN(C1=NC(NCC(=O)OCCOCCOC(=O)CNC2(N(CC)C3CC(C)(C)NC(C)(C)C3)N=CNC(N(CC)C3CC(C)(C)NC(C)(C)C3)=N2)(N(CC)C2CC(C)(C)NC(C)(C)C2)N=CN1)C1CC(C)(C)NC(C)(C)C1. The van der Waals surface area contributed by atoms with Gasteiger partial charge in [-0.3, -0.25) is 9.59 Å². The van der Waals surface area contributed by atoms with Crippen molar-refractivity contribution in [3.05, 3.63) is 0 Å². The first kappa shape index (κ1) is 64.6. The van der Waals surface area contributed by atoms with E-state index < -0.39 is 23.8 Å². The second-order valence-corrected chi connectivity index (χ2v) is 28.7. The van der Waals surface area contributed by atoms with E-state index in [4.69, 9.17) is 34.2 Å². The predicted molar refractivity (Wildman–Crippen MR) is 319 cm³/mol. The Kier molecular flexibility index (Phi) is 20.2. The van der Waals surface area contributed by atoms with Gasteiger partial charge in [-0.1, -0.05) is 13.8 Å². The highest BCUT2D eigenvalue weighted by atomic mass is 16.6. The number of rotatable bonds is 22. The molecule has 4 saturated heterocycles. The summed E-state index contributed by atoms with van der Waals surface area (Å²) in [6, 6.07) is 0.631. The van der Waals surface area contributed by atoms with Crippen molar-refractivity contribution in [3.8, 4) is 0 Å². The van der Waals surface area contributed by atoms with E-state index in [0.29, 0.717) is 13.1 Å². The number of carbonyl (C=O) groups is 2. The van der Waals surface area contributed by atoms with Crippen LogP contribution in [-0.2, 0) is 23.8 Å². The van der Waals surface area contributed by atoms with E-state index in [1.54, 1.807) is 12.7 Å². The third kappa shape index (κ3) is 17.3. The Morgan fingerprint density at radius 1 is 0.456 bits per heavy atom. The molecule has 0 bridgehead atoms. The summed E-state index contributed by atoms with van der Waals surface area (Å²) < 4.78 is 17.3. The van der Waals surface area contributed by atoms with Gasteiger partial charge in [-0.2, -0.15) is 9.98 Å². The quantitative estimate of drug-likeness (QED) is 0.0407. The molecule has 2 unspecified atom stereocenters. The Hall–Kier alpha value is -3.54. The normalized spacial score (nSPS) is 28.1. The lowest BCUT2D eigenvalue weighted by Crippen LogP contribution is -2.69. The third-order valence-electron chi connectivity index (χ3n) is 16.5. The number of ether oxygens (including phenoxy) is 3. The summed E-state index contributed by atoms with van der Waals surface area (Å²) in [4.78, 5) is 57.6. The molecule has 0 aromatic heterocycles. The van der Waals surface area contributed by atoms with Crippen molar-refractivity contribution in [2.24, 2.45) is 20.0 Å². The molecule has 6 heterocycles. The van der Waals surface area contributed by atoms with E-state index in [9.17, 15) is 9.59 Å². The summed E-state index contributed by atoms with van der Waals surface area (Å²) in [5, 5.41) is 29.1. The Balaban J connectivity index is 1.08. The zero-order valence-electron chi connectivity index (χ0n) is 52.8. The molecule has 0 aromatic rings. The maximum absolute atomic E-state index is 13.6. The molecule has 2 atom stereocenters. The molecule has 0 aliphatic carbocycles. The fourth-order valence-corrected chi connectivity index (χ4v) is 15.3. The van der Waals surface area contributed by atoms with Gasteiger partial charge in [0.15, 0.2) is 0 Å². The van der Waals surface area contributed by atoms with E-state index in [-0.39, 0.29) is 108 Å². The molecular weight excluding hydrogens is 1000 g/mol. The molecule has 21 nitrogen and oxygen atoms in total. The minimum Gasteiger partial charge on any atom is -0.462 e.